The van der Waals surface area contributed by atoms with E-state index in [-0.39, 0.29) is 17.4 Å². The summed E-state index contributed by atoms with van der Waals surface area (Å²) in [6, 6.07) is 7.93. The van der Waals surface area contributed by atoms with Crippen molar-refractivity contribution in [1.29, 1.82) is 5.41 Å². The van der Waals surface area contributed by atoms with Gasteiger partial charge in [-0.25, -0.2) is 0 Å². The lowest BCUT2D eigenvalue weighted by atomic mass is 9.75. The molecule has 0 saturated carbocycles. The first kappa shape index (κ1) is 19.7. The van der Waals surface area contributed by atoms with Crippen molar-refractivity contribution in [2.24, 2.45) is 11.1 Å². The van der Waals surface area contributed by atoms with Gasteiger partial charge >= 0.3 is 0 Å². The molecule has 0 bridgehead atoms. The summed E-state index contributed by atoms with van der Waals surface area (Å²) in [5.41, 5.74) is 11.1. The van der Waals surface area contributed by atoms with E-state index in [4.69, 9.17) is 11.1 Å². The number of fused-ring (bicyclic) bond motifs is 1. The summed E-state index contributed by atoms with van der Waals surface area (Å²) in [6.45, 7) is 8.89. The molecule has 1 aromatic carbocycles. The number of allylic oxidation sites excluding steroid dienone is 2. The quantitative estimate of drug-likeness (QED) is 0.602. The number of hydrogen-bond donors (Lipinski definition) is 4. The van der Waals surface area contributed by atoms with E-state index in [2.05, 4.69) is 31.1 Å². The minimum Gasteiger partial charge on any atom is -0.402 e. The van der Waals surface area contributed by atoms with Gasteiger partial charge in [0.05, 0.1) is 11.4 Å². The summed E-state index contributed by atoms with van der Waals surface area (Å²) in [7, 11) is 0. The van der Waals surface area contributed by atoms with Crippen LogP contribution in [0.3, 0.4) is 0 Å². The van der Waals surface area contributed by atoms with Crippen LogP contribution >= 0.6 is 0 Å². The average Bonchev–Trinajstić information content (AvgIpc) is 3.10. The molecule has 1 atom stereocenters. The number of amides is 1. The predicted molar refractivity (Wildman–Crippen MR) is 117 cm³/mol. The highest BCUT2D eigenvalue weighted by Crippen LogP contribution is 2.37. The first-order valence-electron chi connectivity index (χ1n) is 10.5. The largest absolute Gasteiger partial charge is 0.402 e. The minimum absolute atomic E-state index is 0.0635. The lowest BCUT2D eigenvalue weighted by Gasteiger charge is -2.34. The number of carbonyl (C=O) groups is 1. The number of H-pyrrole nitrogens is 1. The Morgan fingerprint density at radius 2 is 2.10 bits per heavy atom. The van der Waals surface area contributed by atoms with Crippen LogP contribution < -0.4 is 11.1 Å². The summed E-state index contributed by atoms with van der Waals surface area (Å²) in [6.07, 6.45) is 2.69. The number of nitrogens with one attached hydrogen (secondary N) is 3. The van der Waals surface area contributed by atoms with Gasteiger partial charge in [0, 0.05) is 47.8 Å². The van der Waals surface area contributed by atoms with E-state index >= 15 is 0 Å². The number of nitrogens with zero attached hydrogens (tertiary/aromatic N) is 1. The van der Waals surface area contributed by atoms with Gasteiger partial charge in [-0.05, 0) is 55.4 Å². The average molecular weight is 394 g/mol. The van der Waals surface area contributed by atoms with Crippen LogP contribution in [0.5, 0.6) is 0 Å². The molecule has 4 rings (SSSR count). The highest BCUT2D eigenvalue weighted by atomic mass is 16.2. The first-order chi connectivity index (χ1) is 13.7. The molecule has 2 aliphatic rings. The Labute approximate surface area is 172 Å². The third-order valence-electron chi connectivity index (χ3n) is 6.31. The molecule has 2 heterocycles. The van der Waals surface area contributed by atoms with Crippen molar-refractivity contribution in [2.75, 3.05) is 19.6 Å². The number of carbonyl (C=O) groups excluding carboxylic acids is 1. The Balaban J connectivity index is 1.60. The highest BCUT2D eigenvalue weighted by molar-refractivity contribution is 6.12. The van der Waals surface area contributed by atoms with Gasteiger partial charge in [0.25, 0.3) is 5.91 Å². The van der Waals surface area contributed by atoms with Crippen molar-refractivity contribution in [2.45, 2.75) is 46.1 Å². The fraction of sp³-hybridized carbons (Fsp3) is 0.478. The molecule has 1 saturated heterocycles. The molecule has 5 N–H and O–H groups in total. The van der Waals surface area contributed by atoms with Gasteiger partial charge in [-0.15, -0.1) is 0 Å². The van der Waals surface area contributed by atoms with Crippen LogP contribution in [0.4, 0.5) is 0 Å². The van der Waals surface area contributed by atoms with E-state index in [1.165, 1.54) is 0 Å². The van der Waals surface area contributed by atoms with Gasteiger partial charge in [-0.3, -0.25) is 10.2 Å². The number of piperazine rings is 1. The summed E-state index contributed by atoms with van der Waals surface area (Å²) in [4.78, 5) is 18.2. The van der Waals surface area contributed by atoms with Crippen molar-refractivity contribution >= 4 is 22.5 Å². The van der Waals surface area contributed by atoms with Crippen LogP contribution in [0.2, 0.25) is 0 Å². The topological polar surface area (TPSA) is 98.0 Å². The lowest BCUT2D eigenvalue weighted by molar-refractivity contribution is 0.0656. The van der Waals surface area contributed by atoms with E-state index < -0.39 is 0 Å². The Morgan fingerprint density at radius 1 is 1.31 bits per heavy atom. The maximum absolute atomic E-state index is 13.0. The molecule has 1 amide bonds. The smallest absolute Gasteiger partial charge is 0.254 e. The van der Waals surface area contributed by atoms with Crippen molar-refractivity contribution in [1.82, 2.24) is 15.2 Å². The Hall–Kier alpha value is -2.60. The third-order valence-corrected chi connectivity index (χ3v) is 6.31. The highest BCUT2D eigenvalue weighted by Gasteiger charge is 2.28. The monoisotopic (exact) mass is 393 g/mol. The molecule has 1 aromatic heterocycles. The van der Waals surface area contributed by atoms with E-state index in [9.17, 15) is 4.79 Å². The van der Waals surface area contributed by atoms with Crippen molar-refractivity contribution in [3.8, 4) is 0 Å². The molecule has 29 heavy (non-hydrogen) atoms. The van der Waals surface area contributed by atoms with E-state index in [0.717, 1.165) is 66.8 Å². The lowest BCUT2D eigenvalue weighted by Crippen LogP contribution is -2.52. The molecule has 6 heteroatoms. The Morgan fingerprint density at radius 3 is 2.83 bits per heavy atom. The number of hydrogen-bond acceptors (Lipinski definition) is 4. The van der Waals surface area contributed by atoms with Crippen LogP contribution in [0.15, 0.2) is 35.5 Å². The number of nitrogens with two attached hydrogens (primary N) is 1. The standard InChI is InChI=1S/C23H31N5O/c1-14-13-26-8-9-28(14)22(29)16-5-4-15-10-20(27-19(15)11-16)21(25)17-6-7-23(2,3)12-18(17)24/h4-5,10-11,14,25-27H,6-9,12-13,24H2,1-3H3/t14-/m0/s1. The van der Waals surface area contributed by atoms with E-state index in [0.29, 0.717) is 11.3 Å². The van der Waals surface area contributed by atoms with Gasteiger partial charge < -0.3 is 20.9 Å². The van der Waals surface area contributed by atoms with E-state index in [1.807, 2.05) is 29.2 Å². The number of benzene rings is 1. The fourth-order valence-electron chi connectivity index (χ4n) is 4.49. The molecule has 0 radical (unpaired) electrons. The normalized spacial score (nSPS) is 22.2. The second-order valence-corrected chi connectivity index (χ2v) is 9.26. The molecule has 1 fully saturated rings. The van der Waals surface area contributed by atoms with E-state index in [1.54, 1.807) is 0 Å². The van der Waals surface area contributed by atoms with Crippen molar-refractivity contribution in [3.63, 3.8) is 0 Å². The molecule has 0 spiro atoms. The molecule has 154 valence electrons. The molecule has 2 aromatic rings. The summed E-state index contributed by atoms with van der Waals surface area (Å²) in [5, 5.41) is 13.0. The predicted octanol–water partition coefficient (Wildman–Crippen LogP) is 3.39. The molecule has 6 nitrogen and oxygen atoms in total. The minimum atomic E-state index is 0.0635. The van der Waals surface area contributed by atoms with Gasteiger partial charge in [-0.2, -0.15) is 0 Å². The van der Waals surface area contributed by atoms with Gasteiger partial charge in [0.1, 0.15) is 0 Å². The number of rotatable bonds is 3. The van der Waals surface area contributed by atoms with Crippen molar-refractivity contribution < 1.29 is 4.79 Å². The SMILES string of the molecule is C[C@H]1CNCCN1C(=O)c1ccc2cc(C(=N)C3=C(N)CC(C)(C)CC3)[nH]c2c1. The van der Waals surface area contributed by atoms with Crippen molar-refractivity contribution in [3.05, 3.63) is 46.8 Å². The number of aromatic nitrogens is 1. The third kappa shape index (κ3) is 3.81. The maximum Gasteiger partial charge on any atom is 0.254 e. The van der Waals surface area contributed by atoms with Gasteiger partial charge in [0.2, 0.25) is 0 Å². The summed E-state index contributed by atoms with van der Waals surface area (Å²) < 4.78 is 0. The second-order valence-electron chi connectivity index (χ2n) is 9.26. The summed E-state index contributed by atoms with van der Waals surface area (Å²) in [5.74, 6) is 0.0635. The van der Waals surface area contributed by atoms with Gasteiger partial charge in [0.15, 0.2) is 0 Å². The fourth-order valence-corrected chi connectivity index (χ4v) is 4.49. The van der Waals surface area contributed by atoms with Crippen LogP contribution in [-0.2, 0) is 0 Å². The summed E-state index contributed by atoms with van der Waals surface area (Å²) >= 11 is 0. The van der Waals surface area contributed by atoms with Crippen LogP contribution in [0.1, 0.15) is 56.1 Å². The molecule has 0 unspecified atom stereocenters. The molecular formula is C23H31N5O. The Kier molecular flexibility index (Phi) is 4.99. The zero-order chi connectivity index (χ0) is 20.8. The second kappa shape index (κ2) is 7.34. The van der Waals surface area contributed by atoms with Crippen LogP contribution in [0.25, 0.3) is 10.9 Å². The zero-order valence-electron chi connectivity index (χ0n) is 17.6. The first-order valence-corrected chi connectivity index (χ1v) is 10.5. The Bertz CT molecular complexity index is 1000. The number of aromatic amines is 1. The van der Waals surface area contributed by atoms with Crippen LogP contribution in [-0.4, -0.2) is 47.2 Å². The molecular weight excluding hydrogens is 362 g/mol. The van der Waals surface area contributed by atoms with Gasteiger partial charge in [-0.1, -0.05) is 19.9 Å². The zero-order valence-corrected chi connectivity index (χ0v) is 17.6. The maximum atomic E-state index is 13.0. The van der Waals surface area contributed by atoms with Crippen LogP contribution in [0, 0.1) is 10.8 Å². The molecule has 1 aliphatic heterocycles. The molecule has 1 aliphatic carbocycles.